The van der Waals surface area contributed by atoms with Crippen molar-refractivity contribution in [3.05, 3.63) is 23.3 Å². The van der Waals surface area contributed by atoms with Gasteiger partial charge in [0.25, 0.3) is 0 Å². The van der Waals surface area contributed by atoms with Crippen LogP contribution in [-0.4, -0.2) is 40.8 Å². The van der Waals surface area contributed by atoms with Crippen molar-refractivity contribution in [1.82, 2.24) is 0 Å². The van der Waals surface area contributed by atoms with E-state index in [1.54, 1.807) is 12.2 Å². The van der Waals surface area contributed by atoms with Gasteiger partial charge < -0.3 is 14.9 Å². The minimum Gasteiger partial charge on any atom is -0.458 e. The van der Waals surface area contributed by atoms with Gasteiger partial charge in [-0.15, -0.1) is 0 Å². The average Bonchev–Trinajstić information content (AvgIpc) is 3.43. The smallest absolute Gasteiger partial charge is 0.336 e. The number of carbonyl (C=O) groups is 2. The molecule has 6 rings (SSSR count). The van der Waals surface area contributed by atoms with Crippen LogP contribution in [0.25, 0.3) is 0 Å². The molecule has 5 aliphatic carbocycles. The van der Waals surface area contributed by atoms with Crippen molar-refractivity contribution < 1.29 is 24.5 Å². The maximum atomic E-state index is 13.4. The SMILES string of the molecule is CC1=C(CO)C(=O)O[C@@H]([C@@H](C)[C@H]2CC[C@H]3[C@@H]4C[C@H]5C[C@]56[C@@H](O)C=CC(=O)[C@]6(C)[C@H]4CC[C@]23C)C1. The van der Waals surface area contributed by atoms with Gasteiger partial charge in [0, 0.05) is 17.3 Å². The quantitative estimate of drug-likeness (QED) is 0.606. The maximum absolute atomic E-state index is 13.4. The first-order valence-electron chi connectivity index (χ1n) is 13.5. The number of allylic oxidation sites excluding steroid dienone is 1. The Balaban J connectivity index is 1.27. The molecule has 1 aliphatic heterocycles. The molecule has 0 saturated heterocycles. The summed E-state index contributed by atoms with van der Waals surface area (Å²) in [4.78, 5) is 25.9. The lowest BCUT2D eigenvalue weighted by molar-refractivity contribution is -0.162. The molecule has 186 valence electrons. The topological polar surface area (TPSA) is 83.8 Å². The molecule has 0 aromatic heterocycles. The van der Waals surface area contributed by atoms with E-state index in [1.807, 2.05) is 6.92 Å². The van der Waals surface area contributed by atoms with Gasteiger partial charge in [-0.25, -0.2) is 4.79 Å². The molecule has 0 amide bonds. The number of cyclic esters (lactones) is 1. The lowest BCUT2D eigenvalue weighted by Gasteiger charge is -2.60. The number of aliphatic hydroxyl groups excluding tert-OH is 2. The van der Waals surface area contributed by atoms with Gasteiger partial charge in [-0.05, 0) is 92.4 Å². The first-order chi connectivity index (χ1) is 16.1. The van der Waals surface area contributed by atoms with Gasteiger partial charge >= 0.3 is 5.97 Å². The highest BCUT2D eigenvalue weighted by Crippen LogP contribution is 2.79. The molecule has 0 bridgehead atoms. The van der Waals surface area contributed by atoms with Crippen LogP contribution in [0.1, 0.15) is 72.6 Å². The predicted octanol–water partition coefficient (Wildman–Crippen LogP) is 4.22. The fourth-order valence-corrected chi connectivity index (χ4v) is 10.4. The summed E-state index contributed by atoms with van der Waals surface area (Å²) in [6.07, 6.45) is 10.2. The molecule has 34 heavy (non-hydrogen) atoms. The van der Waals surface area contributed by atoms with E-state index in [0.717, 1.165) is 37.7 Å². The molecule has 6 aliphatic rings. The number of ketones is 1. The third-order valence-corrected chi connectivity index (χ3v) is 12.3. The Morgan fingerprint density at radius 2 is 1.94 bits per heavy atom. The number of hydrogen-bond acceptors (Lipinski definition) is 5. The first-order valence-corrected chi connectivity index (χ1v) is 13.5. The van der Waals surface area contributed by atoms with Gasteiger partial charge in [0.05, 0.1) is 18.3 Å². The molecule has 2 N–H and O–H groups in total. The summed E-state index contributed by atoms with van der Waals surface area (Å²) in [6.45, 7) is 8.63. The second kappa shape index (κ2) is 7.29. The van der Waals surface area contributed by atoms with E-state index < -0.39 is 11.5 Å². The van der Waals surface area contributed by atoms with E-state index in [0.29, 0.717) is 41.6 Å². The van der Waals surface area contributed by atoms with Gasteiger partial charge in [-0.2, -0.15) is 0 Å². The van der Waals surface area contributed by atoms with Crippen molar-refractivity contribution in [2.24, 2.45) is 51.8 Å². The molecule has 1 spiro atoms. The summed E-state index contributed by atoms with van der Waals surface area (Å²) < 4.78 is 5.86. The lowest BCUT2D eigenvalue weighted by atomic mass is 9.44. The second-order valence-corrected chi connectivity index (χ2v) is 13.1. The van der Waals surface area contributed by atoms with E-state index in [2.05, 4.69) is 20.8 Å². The fraction of sp³-hybridized carbons (Fsp3) is 0.793. The number of ether oxygens (including phenoxy) is 1. The Bertz CT molecular complexity index is 996. The van der Waals surface area contributed by atoms with Crippen molar-refractivity contribution in [1.29, 1.82) is 0 Å². The fourth-order valence-electron chi connectivity index (χ4n) is 10.4. The van der Waals surface area contributed by atoms with Crippen molar-refractivity contribution in [2.75, 3.05) is 6.61 Å². The van der Waals surface area contributed by atoms with Crippen molar-refractivity contribution in [2.45, 2.75) is 84.8 Å². The van der Waals surface area contributed by atoms with E-state index in [1.165, 1.54) is 6.42 Å². The molecular weight excluding hydrogens is 428 g/mol. The van der Waals surface area contributed by atoms with Crippen LogP contribution in [0.3, 0.4) is 0 Å². The number of rotatable bonds is 3. The van der Waals surface area contributed by atoms with E-state index >= 15 is 0 Å². The number of aliphatic hydroxyl groups is 2. The van der Waals surface area contributed by atoms with Gasteiger partial charge in [0.2, 0.25) is 0 Å². The van der Waals surface area contributed by atoms with Crippen molar-refractivity contribution >= 4 is 11.8 Å². The monoisotopic (exact) mass is 468 g/mol. The summed E-state index contributed by atoms with van der Waals surface area (Å²) in [6, 6.07) is 0. The molecule has 1 heterocycles. The molecule has 4 saturated carbocycles. The van der Waals surface area contributed by atoms with E-state index in [-0.39, 0.29) is 41.2 Å². The Labute approximate surface area is 203 Å². The molecule has 0 radical (unpaired) electrons. The Morgan fingerprint density at radius 1 is 1.18 bits per heavy atom. The highest BCUT2D eigenvalue weighted by molar-refractivity contribution is 5.97. The van der Waals surface area contributed by atoms with Crippen molar-refractivity contribution in [3.8, 4) is 0 Å². The van der Waals surface area contributed by atoms with Crippen LogP contribution in [0.4, 0.5) is 0 Å². The van der Waals surface area contributed by atoms with Gasteiger partial charge in [-0.1, -0.05) is 32.4 Å². The second-order valence-electron chi connectivity index (χ2n) is 13.1. The van der Waals surface area contributed by atoms with E-state index in [9.17, 15) is 19.8 Å². The van der Waals surface area contributed by atoms with Crippen LogP contribution in [0.15, 0.2) is 23.3 Å². The largest absolute Gasteiger partial charge is 0.458 e. The van der Waals surface area contributed by atoms with Crippen LogP contribution < -0.4 is 0 Å². The van der Waals surface area contributed by atoms with E-state index in [4.69, 9.17) is 4.74 Å². The Morgan fingerprint density at radius 3 is 2.65 bits per heavy atom. The molecular formula is C29H40O5. The number of esters is 1. The maximum Gasteiger partial charge on any atom is 0.336 e. The molecule has 0 unspecified atom stereocenters. The standard InChI is InChI=1S/C29H40O5/c1-15-11-23(34-26(33)19(15)14-30)16(2)20-5-6-21-18-12-17-13-29(17)25(32)8-7-24(31)28(29,4)22(18)9-10-27(20,21)3/h7-8,16-18,20-23,25,30,32H,5-6,9-14H2,1-4H3/t16-,17-,18-,20+,21-,22-,23+,25-,27+,28-,29+/m0/s1. The van der Waals surface area contributed by atoms with Crippen LogP contribution in [-0.2, 0) is 14.3 Å². The summed E-state index contributed by atoms with van der Waals surface area (Å²) >= 11 is 0. The minimum atomic E-state index is -0.480. The van der Waals surface area contributed by atoms with Crippen LogP contribution in [0.5, 0.6) is 0 Å². The molecule has 0 aromatic rings. The van der Waals surface area contributed by atoms with Gasteiger partial charge in [0.1, 0.15) is 6.10 Å². The van der Waals surface area contributed by atoms with Crippen molar-refractivity contribution in [3.63, 3.8) is 0 Å². The summed E-state index contributed by atoms with van der Waals surface area (Å²) in [5.74, 6) is 2.61. The minimum absolute atomic E-state index is 0.124. The number of fused-ring (bicyclic) bond motifs is 4. The Kier molecular flexibility index (Phi) is 4.92. The molecule has 11 atom stereocenters. The average molecular weight is 469 g/mol. The molecule has 4 fully saturated rings. The number of carbonyl (C=O) groups excluding carboxylic acids is 2. The van der Waals surface area contributed by atoms with Crippen LogP contribution in [0.2, 0.25) is 0 Å². The highest BCUT2D eigenvalue weighted by atomic mass is 16.5. The molecule has 5 nitrogen and oxygen atoms in total. The summed E-state index contributed by atoms with van der Waals surface area (Å²) in [7, 11) is 0. The van der Waals surface area contributed by atoms with Crippen LogP contribution >= 0.6 is 0 Å². The van der Waals surface area contributed by atoms with Gasteiger partial charge in [-0.3, -0.25) is 4.79 Å². The van der Waals surface area contributed by atoms with Gasteiger partial charge in [0.15, 0.2) is 5.78 Å². The predicted molar refractivity (Wildman–Crippen MR) is 127 cm³/mol. The Hall–Kier alpha value is -1.46. The third kappa shape index (κ3) is 2.64. The summed E-state index contributed by atoms with van der Waals surface area (Å²) in [5.41, 5.74) is 0.937. The zero-order chi connectivity index (χ0) is 24.2. The zero-order valence-electron chi connectivity index (χ0n) is 21.0. The lowest BCUT2D eigenvalue weighted by Crippen LogP contribution is -2.59. The third-order valence-electron chi connectivity index (χ3n) is 12.3. The highest BCUT2D eigenvalue weighted by Gasteiger charge is 2.77. The first kappa shape index (κ1) is 23.0. The molecule has 0 aromatic carbocycles. The normalized spacial score (nSPS) is 52.4. The summed E-state index contributed by atoms with van der Waals surface area (Å²) in [5, 5.41) is 20.5. The van der Waals surface area contributed by atoms with Crippen LogP contribution in [0, 0.1) is 51.8 Å². The molecule has 5 heteroatoms. The number of hydrogen-bond donors (Lipinski definition) is 2. The zero-order valence-corrected chi connectivity index (χ0v) is 21.0.